The standard InChI is InChI=1S/C12H17N.C2H6.H2/c1-4-12(13)11-7-5-10(6-8-11)9(2)3;1-2;/h4-9,12H,1,13H2,2-3H3;1-2H3;1H/t12-;;/m0../s1. The highest BCUT2D eigenvalue weighted by molar-refractivity contribution is 5.28. The first-order chi connectivity index (χ1) is 7.15. The molecule has 1 nitrogen and oxygen atoms in total. The summed E-state index contributed by atoms with van der Waals surface area (Å²) < 4.78 is 0. The molecule has 0 spiro atoms. The van der Waals surface area contributed by atoms with E-state index in [-0.39, 0.29) is 7.47 Å². The molecular weight excluding hydrogens is 182 g/mol. The molecule has 0 saturated heterocycles. The molecule has 0 saturated carbocycles. The van der Waals surface area contributed by atoms with Crippen molar-refractivity contribution in [3.05, 3.63) is 48.0 Å². The average molecular weight is 207 g/mol. The smallest absolute Gasteiger partial charge is 0.0478 e. The number of rotatable bonds is 3. The summed E-state index contributed by atoms with van der Waals surface area (Å²) in [5.41, 5.74) is 8.27. The van der Waals surface area contributed by atoms with Crippen molar-refractivity contribution in [2.75, 3.05) is 0 Å². The van der Waals surface area contributed by atoms with Crippen molar-refractivity contribution < 1.29 is 1.43 Å². The second kappa shape index (κ2) is 7.24. The first kappa shape index (κ1) is 13.9. The van der Waals surface area contributed by atoms with Crippen LogP contribution in [0.25, 0.3) is 0 Å². The minimum atomic E-state index is -0.0405. The fourth-order valence-corrected chi connectivity index (χ4v) is 1.24. The van der Waals surface area contributed by atoms with Gasteiger partial charge in [-0.05, 0) is 17.0 Å². The molecule has 86 valence electrons. The van der Waals surface area contributed by atoms with Crippen molar-refractivity contribution >= 4 is 0 Å². The van der Waals surface area contributed by atoms with E-state index < -0.39 is 0 Å². The summed E-state index contributed by atoms with van der Waals surface area (Å²) in [5, 5.41) is 0. The van der Waals surface area contributed by atoms with Gasteiger partial charge in [0.15, 0.2) is 0 Å². The Balaban J connectivity index is 0. The molecule has 0 aliphatic heterocycles. The van der Waals surface area contributed by atoms with Crippen LogP contribution in [0.3, 0.4) is 0 Å². The molecule has 1 rings (SSSR count). The Bertz CT molecular complexity index is 277. The number of benzene rings is 1. The van der Waals surface area contributed by atoms with Crippen LogP contribution in [-0.2, 0) is 0 Å². The third-order valence-corrected chi connectivity index (χ3v) is 2.24. The van der Waals surface area contributed by atoms with Gasteiger partial charge in [-0.3, -0.25) is 0 Å². The van der Waals surface area contributed by atoms with E-state index in [4.69, 9.17) is 5.73 Å². The second-order valence-corrected chi connectivity index (χ2v) is 3.58. The highest BCUT2D eigenvalue weighted by atomic mass is 14.6. The number of hydrogen-bond acceptors (Lipinski definition) is 1. The van der Waals surface area contributed by atoms with Crippen LogP contribution in [0, 0.1) is 0 Å². The third-order valence-electron chi connectivity index (χ3n) is 2.24. The highest BCUT2D eigenvalue weighted by Gasteiger charge is 2.02. The minimum absolute atomic E-state index is 0. The molecular formula is C14H25N. The molecule has 0 bridgehead atoms. The number of nitrogens with two attached hydrogens (primary N) is 1. The molecule has 0 heterocycles. The lowest BCUT2D eigenvalue weighted by atomic mass is 9.99. The quantitative estimate of drug-likeness (QED) is 0.736. The van der Waals surface area contributed by atoms with E-state index in [1.54, 1.807) is 6.08 Å². The van der Waals surface area contributed by atoms with Gasteiger partial charge >= 0.3 is 0 Å². The average Bonchev–Trinajstić information content (AvgIpc) is 2.31. The predicted octanol–water partition coefficient (Wildman–Crippen LogP) is 4.27. The largest absolute Gasteiger partial charge is 0.321 e. The summed E-state index contributed by atoms with van der Waals surface area (Å²) in [7, 11) is 0. The normalized spacial score (nSPS) is 11.6. The monoisotopic (exact) mass is 207 g/mol. The van der Waals surface area contributed by atoms with Crippen molar-refractivity contribution in [3.8, 4) is 0 Å². The van der Waals surface area contributed by atoms with E-state index in [1.807, 2.05) is 13.8 Å². The molecule has 1 aromatic carbocycles. The van der Waals surface area contributed by atoms with Gasteiger partial charge in [0.2, 0.25) is 0 Å². The van der Waals surface area contributed by atoms with Crippen LogP contribution < -0.4 is 5.73 Å². The van der Waals surface area contributed by atoms with Crippen LogP contribution in [0.5, 0.6) is 0 Å². The van der Waals surface area contributed by atoms with Crippen LogP contribution >= 0.6 is 0 Å². The zero-order chi connectivity index (χ0) is 11.8. The molecule has 0 unspecified atom stereocenters. The second-order valence-electron chi connectivity index (χ2n) is 3.58. The SMILES string of the molecule is C=C[C@H](N)c1ccc(C(C)C)cc1.CC.[HH]. The van der Waals surface area contributed by atoms with Crippen LogP contribution in [0.4, 0.5) is 0 Å². The maximum atomic E-state index is 5.80. The Labute approximate surface area is 95.5 Å². The van der Waals surface area contributed by atoms with E-state index in [1.165, 1.54) is 5.56 Å². The van der Waals surface area contributed by atoms with Gasteiger partial charge in [0.25, 0.3) is 0 Å². The van der Waals surface area contributed by atoms with Gasteiger partial charge in [-0.2, -0.15) is 0 Å². The summed E-state index contributed by atoms with van der Waals surface area (Å²) in [6.07, 6.45) is 1.75. The zero-order valence-corrected chi connectivity index (χ0v) is 10.3. The van der Waals surface area contributed by atoms with Crippen LogP contribution in [0.15, 0.2) is 36.9 Å². The summed E-state index contributed by atoms with van der Waals surface area (Å²) >= 11 is 0. The van der Waals surface area contributed by atoms with Crippen molar-refractivity contribution in [1.29, 1.82) is 0 Å². The van der Waals surface area contributed by atoms with Gasteiger partial charge in [-0.1, -0.05) is 58.0 Å². The molecule has 0 aliphatic rings. The molecule has 1 aromatic rings. The van der Waals surface area contributed by atoms with E-state index in [0.29, 0.717) is 5.92 Å². The van der Waals surface area contributed by atoms with Gasteiger partial charge in [0, 0.05) is 7.47 Å². The topological polar surface area (TPSA) is 26.0 Å². The van der Waals surface area contributed by atoms with Gasteiger partial charge < -0.3 is 5.73 Å². The van der Waals surface area contributed by atoms with Gasteiger partial charge in [0.05, 0.1) is 0 Å². The molecule has 0 aliphatic carbocycles. The lowest BCUT2D eigenvalue weighted by molar-refractivity contribution is 0.858. The fourth-order valence-electron chi connectivity index (χ4n) is 1.24. The molecule has 2 N–H and O–H groups in total. The minimum Gasteiger partial charge on any atom is -0.321 e. The maximum absolute atomic E-state index is 5.80. The molecule has 0 aromatic heterocycles. The highest BCUT2D eigenvalue weighted by Crippen LogP contribution is 2.17. The molecule has 1 heteroatoms. The molecule has 1 atom stereocenters. The number of hydrogen-bond donors (Lipinski definition) is 1. The summed E-state index contributed by atoms with van der Waals surface area (Å²) in [5.74, 6) is 0.578. The lowest BCUT2D eigenvalue weighted by Gasteiger charge is -2.09. The van der Waals surface area contributed by atoms with Crippen molar-refractivity contribution in [1.82, 2.24) is 0 Å². The van der Waals surface area contributed by atoms with Crippen LogP contribution in [0.2, 0.25) is 0 Å². The fraction of sp³-hybridized carbons (Fsp3) is 0.429. The summed E-state index contributed by atoms with van der Waals surface area (Å²) in [4.78, 5) is 0. The predicted molar refractivity (Wildman–Crippen MR) is 71.1 cm³/mol. The molecule has 15 heavy (non-hydrogen) atoms. The third kappa shape index (κ3) is 4.30. The lowest BCUT2D eigenvalue weighted by Crippen LogP contribution is -2.06. The Morgan fingerprint density at radius 1 is 1.13 bits per heavy atom. The van der Waals surface area contributed by atoms with Crippen LogP contribution in [-0.4, -0.2) is 0 Å². The van der Waals surface area contributed by atoms with E-state index in [0.717, 1.165) is 5.56 Å². The Kier molecular flexibility index (Phi) is 6.72. The first-order valence-corrected chi connectivity index (χ1v) is 5.63. The maximum Gasteiger partial charge on any atom is 0.0478 e. The summed E-state index contributed by atoms with van der Waals surface area (Å²) in [6, 6.07) is 8.36. The Morgan fingerprint density at radius 2 is 1.53 bits per heavy atom. The van der Waals surface area contributed by atoms with Crippen molar-refractivity contribution in [2.45, 2.75) is 39.7 Å². The van der Waals surface area contributed by atoms with Gasteiger partial charge in [-0.25, -0.2) is 0 Å². The summed E-state index contributed by atoms with van der Waals surface area (Å²) in [6.45, 7) is 12.0. The Morgan fingerprint density at radius 3 is 1.87 bits per heavy atom. The Hall–Kier alpha value is -1.08. The van der Waals surface area contributed by atoms with E-state index in [9.17, 15) is 0 Å². The zero-order valence-electron chi connectivity index (χ0n) is 10.3. The van der Waals surface area contributed by atoms with E-state index in [2.05, 4.69) is 44.7 Å². The van der Waals surface area contributed by atoms with Crippen molar-refractivity contribution in [3.63, 3.8) is 0 Å². The molecule has 0 amide bonds. The molecule has 0 radical (unpaired) electrons. The van der Waals surface area contributed by atoms with E-state index >= 15 is 0 Å². The van der Waals surface area contributed by atoms with Gasteiger partial charge in [0.1, 0.15) is 0 Å². The molecule has 0 fully saturated rings. The van der Waals surface area contributed by atoms with Crippen LogP contribution in [0.1, 0.15) is 52.2 Å². The first-order valence-electron chi connectivity index (χ1n) is 5.63. The van der Waals surface area contributed by atoms with Crippen molar-refractivity contribution in [2.24, 2.45) is 5.73 Å². The van der Waals surface area contributed by atoms with Gasteiger partial charge in [-0.15, -0.1) is 6.58 Å².